The highest BCUT2D eigenvalue weighted by atomic mass is 19.4. The SMILES string of the molecule is CC(C)N(C)[C@@H]1CC[C@H](N2CC[C@H](Nc3ncnc4ccc(C(F)(F)F)cc34)C2=O)[C@H](NC(=O)[C@H]2C[C@@H](NC(=O)CCOCCOCCNC(=O)OC(C)(C)C)C2)C1. The number of hydrogen-bond donors (Lipinski definition) is 4. The lowest BCUT2D eigenvalue weighted by molar-refractivity contribution is -0.137. The van der Waals surface area contributed by atoms with Crippen molar-refractivity contribution in [2.24, 2.45) is 5.92 Å². The van der Waals surface area contributed by atoms with Gasteiger partial charge in [-0.05, 0) is 98.4 Å². The number of nitrogens with zero attached hydrogens (tertiary/aromatic N) is 4. The molecule has 4 amide bonds. The first-order chi connectivity index (χ1) is 27.4. The fourth-order valence-corrected chi connectivity index (χ4v) is 7.71. The summed E-state index contributed by atoms with van der Waals surface area (Å²) in [6.45, 7) is 11.5. The predicted molar refractivity (Wildman–Crippen MR) is 210 cm³/mol. The van der Waals surface area contributed by atoms with E-state index in [1.807, 2.05) is 0 Å². The first kappa shape index (κ1) is 44.8. The van der Waals surface area contributed by atoms with E-state index in [4.69, 9.17) is 14.2 Å². The van der Waals surface area contributed by atoms with Crippen molar-refractivity contribution in [3.8, 4) is 0 Å². The highest BCUT2D eigenvalue weighted by Crippen LogP contribution is 2.35. The van der Waals surface area contributed by atoms with E-state index in [0.29, 0.717) is 70.5 Å². The monoisotopic (exact) mass is 820 g/mol. The number of amides is 4. The third kappa shape index (κ3) is 12.4. The largest absolute Gasteiger partial charge is 0.444 e. The average molecular weight is 821 g/mol. The summed E-state index contributed by atoms with van der Waals surface area (Å²) in [5.74, 6) is -0.565. The maximum absolute atomic E-state index is 13.9. The molecule has 2 aliphatic carbocycles. The maximum atomic E-state index is 13.9. The van der Waals surface area contributed by atoms with Crippen LogP contribution in [0, 0.1) is 5.92 Å². The van der Waals surface area contributed by atoms with Gasteiger partial charge in [0, 0.05) is 48.9 Å². The van der Waals surface area contributed by atoms with E-state index < -0.39 is 29.5 Å². The summed E-state index contributed by atoms with van der Waals surface area (Å²) in [6.07, 6.45) is -0.00521. The number of alkyl halides is 3. The lowest BCUT2D eigenvalue weighted by Gasteiger charge is -2.45. The lowest BCUT2D eigenvalue weighted by Crippen LogP contribution is -2.60. The van der Waals surface area contributed by atoms with Crippen LogP contribution in [0.2, 0.25) is 0 Å². The number of fused-ring (bicyclic) bond motifs is 1. The average Bonchev–Trinajstić information content (AvgIpc) is 3.49. The summed E-state index contributed by atoms with van der Waals surface area (Å²) in [5.41, 5.74) is -1.07. The number of carbonyl (C=O) groups excluding carboxylic acids is 4. The molecule has 1 saturated heterocycles. The molecule has 58 heavy (non-hydrogen) atoms. The Morgan fingerprint density at radius 3 is 2.38 bits per heavy atom. The Hall–Kier alpha value is -4.29. The minimum Gasteiger partial charge on any atom is -0.444 e. The van der Waals surface area contributed by atoms with Crippen LogP contribution in [0.5, 0.6) is 0 Å². The van der Waals surface area contributed by atoms with Crippen LogP contribution in [0.3, 0.4) is 0 Å². The molecular formula is C40H59F3N8O7. The third-order valence-corrected chi connectivity index (χ3v) is 11.1. The van der Waals surface area contributed by atoms with E-state index in [-0.39, 0.29) is 78.1 Å². The Kier molecular flexibility index (Phi) is 15.2. The molecule has 0 unspecified atom stereocenters. The molecule has 322 valence electrons. The Morgan fingerprint density at radius 1 is 0.966 bits per heavy atom. The molecule has 2 heterocycles. The molecule has 18 heteroatoms. The van der Waals surface area contributed by atoms with Crippen LogP contribution < -0.4 is 21.3 Å². The van der Waals surface area contributed by atoms with Gasteiger partial charge in [-0.2, -0.15) is 13.2 Å². The number of aromatic nitrogens is 2. The van der Waals surface area contributed by atoms with Gasteiger partial charge in [0.25, 0.3) is 0 Å². The van der Waals surface area contributed by atoms with Gasteiger partial charge >= 0.3 is 12.3 Å². The normalized spacial score (nSPS) is 23.8. The molecule has 0 bridgehead atoms. The molecule has 5 rings (SSSR count). The van der Waals surface area contributed by atoms with Gasteiger partial charge in [-0.3, -0.25) is 14.4 Å². The number of alkyl carbamates (subject to hydrolysis) is 1. The number of halogens is 3. The molecule has 1 aliphatic heterocycles. The molecule has 2 saturated carbocycles. The minimum atomic E-state index is -4.54. The number of hydrogen-bond acceptors (Lipinski definition) is 11. The zero-order chi connectivity index (χ0) is 42.2. The Labute approximate surface area is 337 Å². The molecule has 0 radical (unpaired) electrons. The van der Waals surface area contributed by atoms with Gasteiger partial charge in [0.15, 0.2) is 0 Å². The number of benzene rings is 1. The highest BCUT2D eigenvalue weighted by molar-refractivity contribution is 5.93. The molecule has 3 aliphatic rings. The highest BCUT2D eigenvalue weighted by Gasteiger charge is 2.45. The standard InChI is InChI=1S/C40H59F3N8O7/c1-24(2)50(6)28-8-10-33(51-14-11-31(37(51)54)48-35-29-21-26(40(41,42)43)7-9-30(29)45-23-46-35)32(22-28)49-36(53)25-19-27(20-25)47-34(52)12-15-56-17-18-57-16-13-44-38(55)58-39(3,4)5/h7,9,21,23-25,27-28,31-33H,8,10-20,22H2,1-6H3,(H,44,55)(H,47,52)(H,49,53)(H,45,46,48)/t25-,27+,28-,31+,32-,33+/m1/s1. The van der Waals surface area contributed by atoms with Gasteiger partial charge in [-0.25, -0.2) is 14.8 Å². The van der Waals surface area contributed by atoms with E-state index in [9.17, 15) is 32.3 Å². The second-order valence-electron chi connectivity index (χ2n) is 16.7. The van der Waals surface area contributed by atoms with Crippen molar-refractivity contribution in [3.63, 3.8) is 0 Å². The molecule has 3 fully saturated rings. The summed E-state index contributed by atoms with van der Waals surface area (Å²) < 4.78 is 56.6. The minimum absolute atomic E-state index is 0.104. The molecule has 1 aromatic heterocycles. The van der Waals surface area contributed by atoms with Crippen molar-refractivity contribution in [1.29, 1.82) is 0 Å². The van der Waals surface area contributed by atoms with Gasteiger partial charge in [0.2, 0.25) is 17.7 Å². The Morgan fingerprint density at radius 2 is 1.69 bits per heavy atom. The second kappa shape index (κ2) is 19.6. The second-order valence-corrected chi connectivity index (χ2v) is 16.7. The first-order valence-electron chi connectivity index (χ1n) is 20.2. The van der Waals surface area contributed by atoms with Crippen LogP contribution in [0.15, 0.2) is 24.5 Å². The van der Waals surface area contributed by atoms with Crippen molar-refractivity contribution in [3.05, 3.63) is 30.1 Å². The lowest BCUT2D eigenvalue weighted by atomic mass is 9.78. The van der Waals surface area contributed by atoms with Crippen LogP contribution in [-0.2, 0) is 34.8 Å². The summed E-state index contributed by atoms with van der Waals surface area (Å²) in [4.78, 5) is 64.1. The topological polar surface area (TPSA) is 176 Å². The van der Waals surface area contributed by atoms with Gasteiger partial charge in [-0.15, -0.1) is 0 Å². The summed E-state index contributed by atoms with van der Waals surface area (Å²) >= 11 is 0. The number of rotatable bonds is 17. The van der Waals surface area contributed by atoms with Gasteiger partial charge < -0.3 is 45.3 Å². The first-order valence-corrected chi connectivity index (χ1v) is 20.2. The van der Waals surface area contributed by atoms with Crippen molar-refractivity contribution >= 4 is 40.5 Å². The summed E-state index contributed by atoms with van der Waals surface area (Å²) in [6, 6.07) is 2.37. The van der Waals surface area contributed by atoms with Crippen LogP contribution >= 0.6 is 0 Å². The van der Waals surface area contributed by atoms with E-state index in [1.165, 1.54) is 12.4 Å². The zero-order valence-electron chi connectivity index (χ0n) is 34.3. The van der Waals surface area contributed by atoms with Crippen molar-refractivity contribution in [2.45, 2.75) is 128 Å². The molecule has 0 spiro atoms. The smallest absolute Gasteiger partial charge is 0.416 e. The Balaban J connectivity index is 1.07. The third-order valence-electron chi connectivity index (χ3n) is 11.1. The number of ether oxygens (including phenoxy) is 3. The molecule has 4 N–H and O–H groups in total. The van der Waals surface area contributed by atoms with E-state index in [1.54, 1.807) is 25.7 Å². The maximum Gasteiger partial charge on any atom is 0.416 e. The molecule has 2 aromatic rings. The van der Waals surface area contributed by atoms with Gasteiger partial charge in [0.1, 0.15) is 23.8 Å². The molecule has 4 atom stereocenters. The molecule has 15 nitrogen and oxygen atoms in total. The van der Waals surface area contributed by atoms with E-state index >= 15 is 0 Å². The summed E-state index contributed by atoms with van der Waals surface area (Å²) in [5, 5.41) is 12.1. The molecular weight excluding hydrogens is 761 g/mol. The van der Waals surface area contributed by atoms with E-state index in [0.717, 1.165) is 18.6 Å². The van der Waals surface area contributed by atoms with Gasteiger partial charge in [-0.1, -0.05) is 0 Å². The fraction of sp³-hybridized carbons (Fsp3) is 0.700. The van der Waals surface area contributed by atoms with Crippen LogP contribution in [0.4, 0.5) is 23.8 Å². The van der Waals surface area contributed by atoms with Gasteiger partial charge in [0.05, 0.1) is 49.6 Å². The number of anilines is 1. The number of nitrogens with one attached hydrogen (secondary N) is 4. The van der Waals surface area contributed by atoms with E-state index in [2.05, 4.69) is 57.0 Å². The summed E-state index contributed by atoms with van der Waals surface area (Å²) in [7, 11) is 2.07. The van der Waals surface area contributed by atoms with Crippen molar-refractivity contribution in [2.75, 3.05) is 51.9 Å². The van der Waals surface area contributed by atoms with Crippen LogP contribution in [0.1, 0.15) is 85.1 Å². The van der Waals surface area contributed by atoms with Crippen molar-refractivity contribution in [1.82, 2.24) is 35.7 Å². The number of carbonyl (C=O) groups is 4. The fourth-order valence-electron chi connectivity index (χ4n) is 7.71. The zero-order valence-corrected chi connectivity index (χ0v) is 34.3. The van der Waals surface area contributed by atoms with Crippen LogP contribution in [-0.4, -0.2) is 132 Å². The Bertz CT molecular complexity index is 1740. The quantitative estimate of drug-likeness (QED) is 0.168. The van der Waals surface area contributed by atoms with Crippen LogP contribution in [0.25, 0.3) is 10.9 Å². The van der Waals surface area contributed by atoms with Crippen molar-refractivity contribution < 1.29 is 46.6 Å². The predicted octanol–water partition coefficient (Wildman–Crippen LogP) is 4.25. The molecule has 1 aromatic carbocycles. The number of likely N-dealkylation sites (tertiary alicyclic amines) is 1.